The maximum Gasteiger partial charge on any atom is 0.257 e. The van der Waals surface area contributed by atoms with E-state index in [9.17, 15) is 18.8 Å². The third-order valence-corrected chi connectivity index (χ3v) is 4.79. The Balaban J connectivity index is 2.31. The molecule has 0 bridgehead atoms. The zero-order chi connectivity index (χ0) is 20.1. The second-order valence-corrected chi connectivity index (χ2v) is 6.63. The number of hydrogen-bond donors (Lipinski definition) is 2. The number of aliphatic hydroxyl groups excluding tert-OH is 1. The van der Waals surface area contributed by atoms with Gasteiger partial charge in [0.2, 0.25) is 11.8 Å². The van der Waals surface area contributed by atoms with Crippen molar-refractivity contribution < 1.29 is 23.9 Å². The molecule has 148 valence electrons. The van der Waals surface area contributed by atoms with Gasteiger partial charge in [0.15, 0.2) is 0 Å². The molecule has 0 aliphatic carbocycles. The monoisotopic (exact) mass is 379 g/mol. The second-order valence-electron chi connectivity index (χ2n) is 6.63. The van der Waals surface area contributed by atoms with Gasteiger partial charge in [0.05, 0.1) is 5.56 Å². The molecule has 27 heavy (non-hydrogen) atoms. The number of halogens is 1. The lowest BCUT2D eigenvalue weighted by atomic mass is 10.1. The number of nitrogens with zero attached hydrogens (tertiary/aromatic N) is 2. The highest BCUT2D eigenvalue weighted by molar-refractivity contribution is 5.98. The highest BCUT2D eigenvalue weighted by Crippen LogP contribution is 2.24. The Morgan fingerprint density at radius 2 is 1.96 bits per heavy atom. The van der Waals surface area contributed by atoms with Gasteiger partial charge in [-0.25, -0.2) is 4.39 Å². The molecule has 0 saturated carbocycles. The molecule has 2 N–H and O–H groups in total. The molecule has 2 rings (SSSR count). The van der Waals surface area contributed by atoms with Crippen LogP contribution in [0.5, 0.6) is 0 Å². The molecule has 1 aromatic rings. The predicted molar refractivity (Wildman–Crippen MR) is 97.5 cm³/mol. The summed E-state index contributed by atoms with van der Waals surface area (Å²) in [6.45, 7) is 5.78. The summed E-state index contributed by atoms with van der Waals surface area (Å²) in [7, 11) is 0. The molecule has 0 aromatic heterocycles. The summed E-state index contributed by atoms with van der Waals surface area (Å²) in [6, 6.07) is 3.05. The molecule has 0 unspecified atom stereocenters. The summed E-state index contributed by atoms with van der Waals surface area (Å²) in [5.74, 6) is -2.04. The van der Waals surface area contributed by atoms with Crippen LogP contribution in [-0.2, 0) is 9.59 Å². The van der Waals surface area contributed by atoms with Crippen LogP contribution in [-0.4, -0.2) is 71.0 Å². The van der Waals surface area contributed by atoms with Gasteiger partial charge in [0, 0.05) is 25.7 Å². The summed E-state index contributed by atoms with van der Waals surface area (Å²) in [5.41, 5.74) is 0.585. The second kappa shape index (κ2) is 8.94. The van der Waals surface area contributed by atoms with Gasteiger partial charge in [-0.2, -0.15) is 0 Å². The van der Waals surface area contributed by atoms with E-state index in [0.717, 1.165) is 0 Å². The largest absolute Gasteiger partial charge is 0.387 e. The van der Waals surface area contributed by atoms with E-state index < -0.39 is 36.3 Å². The van der Waals surface area contributed by atoms with Gasteiger partial charge < -0.3 is 20.2 Å². The number of aliphatic hydroxyl groups is 1. The predicted octanol–water partition coefficient (Wildman–Crippen LogP) is 0.694. The molecule has 1 saturated heterocycles. The van der Waals surface area contributed by atoms with Crippen LogP contribution in [0.15, 0.2) is 18.2 Å². The zero-order valence-electron chi connectivity index (χ0n) is 15.9. The van der Waals surface area contributed by atoms with Gasteiger partial charge in [-0.3, -0.25) is 14.4 Å². The Morgan fingerprint density at radius 3 is 2.52 bits per heavy atom. The average Bonchev–Trinajstić information content (AvgIpc) is 3.05. The van der Waals surface area contributed by atoms with Crippen LogP contribution in [0.1, 0.15) is 36.2 Å². The highest BCUT2D eigenvalue weighted by atomic mass is 19.1. The van der Waals surface area contributed by atoms with Crippen molar-refractivity contribution >= 4 is 17.7 Å². The van der Waals surface area contributed by atoms with Crippen LogP contribution in [0.25, 0.3) is 0 Å². The molecule has 1 aromatic carbocycles. The Labute approximate surface area is 158 Å². The van der Waals surface area contributed by atoms with Crippen molar-refractivity contribution in [3.63, 3.8) is 0 Å². The molecule has 1 fully saturated rings. The van der Waals surface area contributed by atoms with E-state index in [4.69, 9.17) is 5.11 Å². The third kappa shape index (κ3) is 4.63. The van der Waals surface area contributed by atoms with Crippen LogP contribution in [0, 0.1) is 12.7 Å². The van der Waals surface area contributed by atoms with E-state index in [1.165, 1.54) is 17.0 Å². The molecule has 8 heteroatoms. The minimum atomic E-state index is -0.790. The first-order chi connectivity index (χ1) is 12.8. The number of aryl methyl sites for hydroxylation is 1. The summed E-state index contributed by atoms with van der Waals surface area (Å²) >= 11 is 0. The first kappa shape index (κ1) is 20.8. The topological polar surface area (TPSA) is 89.9 Å². The van der Waals surface area contributed by atoms with Crippen molar-refractivity contribution in [2.75, 3.05) is 26.2 Å². The zero-order valence-corrected chi connectivity index (χ0v) is 15.9. The number of nitrogens with one attached hydrogen (secondary N) is 1. The summed E-state index contributed by atoms with van der Waals surface area (Å²) in [4.78, 5) is 40.2. The minimum Gasteiger partial charge on any atom is -0.387 e. The van der Waals surface area contributed by atoms with Crippen LogP contribution in [0.2, 0.25) is 0 Å². The number of amides is 3. The van der Waals surface area contributed by atoms with E-state index in [0.29, 0.717) is 18.7 Å². The lowest BCUT2D eigenvalue weighted by molar-refractivity contribution is -0.135. The Kier molecular flexibility index (Phi) is 6.90. The molecule has 7 nitrogen and oxygen atoms in total. The van der Waals surface area contributed by atoms with Crippen molar-refractivity contribution in [3.05, 3.63) is 35.1 Å². The molecule has 0 radical (unpaired) electrons. The SMILES string of the molecule is CCN(CC)C(=O)[C@@H]1C[C@@H](NC(=O)CO)CN1C(=O)c1ccc(C)cc1F. The number of likely N-dealkylation sites (tertiary alicyclic amines) is 1. The van der Waals surface area contributed by atoms with Crippen molar-refractivity contribution in [2.24, 2.45) is 0 Å². The van der Waals surface area contributed by atoms with Crippen LogP contribution in [0.4, 0.5) is 4.39 Å². The Hall–Kier alpha value is -2.48. The molecule has 1 aliphatic heterocycles. The Morgan fingerprint density at radius 1 is 1.30 bits per heavy atom. The van der Waals surface area contributed by atoms with Gasteiger partial charge in [-0.15, -0.1) is 0 Å². The summed E-state index contributed by atoms with van der Waals surface area (Å²) < 4.78 is 14.3. The van der Waals surface area contributed by atoms with Crippen LogP contribution < -0.4 is 5.32 Å². The van der Waals surface area contributed by atoms with Gasteiger partial charge >= 0.3 is 0 Å². The van der Waals surface area contributed by atoms with Gasteiger partial charge in [0.1, 0.15) is 18.5 Å². The molecule has 1 heterocycles. The Bertz CT molecular complexity index is 721. The number of carbonyl (C=O) groups is 3. The number of likely N-dealkylation sites (N-methyl/N-ethyl adjacent to an activating group) is 1. The fourth-order valence-corrected chi connectivity index (χ4v) is 3.37. The lowest BCUT2D eigenvalue weighted by Gasteiger charge is -2.29. The van der Waals surface area contributed by atoms with E-state index in [2.05, 4.69) is 5.32 Å². The number of carbonyl (C=O) groups excluding carboxylic acids is 3. The van der Waals surface area contributed by atoms with E-state index in [1.807, 2.05) is 13.8 Å². The molecular formula is C19H26FN3O4. The fraction of sp³-hybridized carbons (Fsp3) is 0.526. The van der Waals surface area contributed by atoms with Crippen LogP contribution in [0.3, 0.4) is 0 Å². The normalized spacial score (nSPS) is 19.1. The molecule has 1 aliphatic rings. The average molecular weight is 379 g/mol. The quantitative estimate of drug-likeness (QED) is 0.761. The molecule has 0 spiro atoms. The summed E-state index contributed by atoms with van der Waals surface area (Å²) in [5, 5.41) is 11.5. The maximum atomic E-state index is 14.3. The van der Waals surface area contributed by atoms with Gasteiger partial charge in [-0.1, -0.05) is 6.07 Å². The van der Waals surface area contributed by atoms with Crippen LogP contribution >= 0.6 is 0 Å². The highest BCUT2D eigenvalue weighted by Gasteiger charge is 2.42. The number of hydrogen-bond acceptors (Lipinski definition) is 4. The minimum absolute atomic E-state index is 0.0789. The van der Waals surface area contributed by atoms with E-state index in [1.54, 1.807) is 17.9 Å². The van der Waals surface area contributed by atoms with Crippen molar-refractivity contribution in [2.45, 2.75) is 39.3 Å². The smallest absolute Gasteiger partial charge is 0.257 e. The first-order valence-electron chi connectivity index (χ1n) is 9.08. The van der Waals surface area contributed by atoms with Crippen molar-refractivity contribution in [3.8, 4) is 0 Å². The molecular weight excluding hydrogens is 353 g/mol. The summed E-state index contributed by atoms with van der Waals surface area (Å²) in [6.07, 6.45) is 0.223. The standard InChI is InChI=1S/C19H26FN3O4/c1-4-22(5-2)19(27)16-9-13(21-17(25)11-24)10-23(16)18(26)14-7-6-12(3)8-15(14)20/h6-8,13,16,24H,4-5,9-11H2,1-3H3,(H,21,25)/t13-,16+/m1/s1. The van der Waals surface area contributed by atoms with Crippen molar-refractivity contribution in [1.29, 1.82) is 0 Å². The van der Waals surface area contributed by atoms with E-state index >= 15 is 0 Å². The van der Waals surface area contributed by atoms with E-state index in [-0.39, 0.29) is 24.4 Å². The number of rotatable bonds is 6. The van der Waals surface area contributed by atoms with Crippen molar-refractivity contribution in [1.82, 2.24) is 15.1 Å². The van der Waals surface area contributed by atoms with Gasteiger partial charge in [0.25, 0.3) is 5.91 Å². The fourth-order valence-electron chi connectivity index (χ4n) is 3.37. The maximum absolute atomic E-state index is 14.3. The van der Waals surface area contributed by atoms with Gasteiger partial charge in [-0.05, 0) is 44.9 Å². The molecule has 2 atom stereocenters. The third-order valence-electron chi connectivity index (χ3n) is 4.79. The first-order valence-corrected chi connectivity index (χ1v) is 9.08. The lowest BCUT2D eigenvalue weighted by Crippen LogP contribution is -2.48. The molecule has 3 amide bonds. The number of benzene rings is 1.